The van der Waals surface area contributed by atoms with Gasteiger partial charge in [0.25, 0.3) is 10.0 Å². The largest absolute Gasteiger partial charge is 0.506 e. The molecule has 15 nitrogen and oxygen atoms in total. The lowest BCUT2D eigenvalue weighted by Crippen LogP contribution is -2.57. The molecule has 302 valence electrons. The molecule has 0 unspecified atom stereocenters. The number of nitrogens with one attached hydrogen (secondary N) is 2. The second kappa shape index (κ2) is 18.1. The molecule has 18 heteroatoms. The zero-order chi connectivity index (χ0) is 40.8. The zero-order valence-corrected chi connectivity index (χ0v) is 34.4. The number of sulfonamides is 2. The summed E-state index contributed by atoms with van der Waals surface area (Å²) < 4.78 is 57.9. The highest BCUT2D eigenvalue weighted by molar-refractivity contribution is 7.92. The van der Waals surface area contributed by atoms with Gasteiger partial charge in [-0.3, -0.25) is 14.5 Å². The highest BCUT2D eigenvalue weighted by Gasteiger charge is 2.41. The predicted octanol–water partition coefficient (Wildman–Crippen LogP) is 4.05. The number of aliphatic hydroxyl groups is 1. The lowest BCUT2D eigenvalue weighted by Gasteiger charge is -2.34. The van der Waals surface area contributed by atoms with E-state index in [4.69, 9.17) is 0 Å². The molecule has 1 aliphatic rings. The standard InChI is InChI=1S/C38H49N7O8S3/c1-25(2)21-44(56(52,53)30-13-14-34(46)33(19-30)42-55(50,51)31-12-9-15-39-20-31)23-35(47)32(18-28-10-7-6-8-11-28)41-37(48)36(26(3)4)45-17-16-43(38(45)49)22-29-24-54-27(5)40-29/h6-15,19-20,24-26,32,35-36,42,46-47H,16-18,21-23H2,1-5H3,(H,41,48)/t32-,35+,36-/m0/s1. The minimum Gasteiger partial charge on any atom is -0.506 e. The molecule has 3 atom stereocenters. The lowest BCUT2D eigenvalue weighted by atomic mass is 9.97. The van der Waals surface area contributed by atoms with Crippen molar-refractivity contribution >= 4 is 49.0 Å². The smallest absolute Gasteiger partial charge is 0.321 e. The molecule has 4 aromatic rings. The number of nitrogens with zero attached hydrogens (tertiary/aromatic N) is 5. The molecule has 3 heterocycles. The van der Waals surface area contributed by atoms with E-state index in [-0.39, 0.29) is 46.3 Å². The van der Waals surface area contributed by atoms with Crippen LogP contribution in [0, 0.1) is 18.8 Å². The number of aromatic hydroxyl groups is 1. The number of aliphatic hydroxyl groups excluding tert-OH is 1. The number of hydrogen-bond acceptors (Lipinski definition) is 11. The van der Waals surface area contributed by atoms with Crippen LogP contribution >= 0.6 is 11.3 Å². The molecule has 2 aromatic carbocycles. The number of aryl methyl sites for hydroxylation is 1. The number of anilines is 1. The maximum Gasteiger partial charge on any atom is 0.321 e. The van der Waals surface area contributed by atoms with Gasteiger partial charge >= 0.3 is 6.03 Å². The van der Waals surface area contributed by atoms with Crippen LogP contribution in [0.4, 0.5) is 10.5 Å². The second-order valence-corrected chi connectivity index (χ2v) is 19.2. The summed E-state index contributed by atoms with van der Waals surface area (Å²) in [4.78, 5) is 38.8. The molecule has 0 radical (unpaired) electrons. The van der Waals surface area contributed by atoms with Gasteiger partial charge < -0.3 is 25.3 Å². The Bertz CT molecular complexity index is 2190. The minimum absolute atomic E-state index is 0.0335. The summed E-state index contributed by atoms with van der Waals surface area (Å²) in [6.45, 7) is 9.76. The van der Waals surface area contributed by atoms with E-state index >= 15 is 0 Å². The van der Waals surface area contributed by atoms with Gasteiger partial charge in [0.1, 0.15) is 16.7 Å². The van der Waals surface area contributed by atoms with E-state index in [1.165, 1.54) is 34.6 Å². The minimum atomic E-state index is -4.43. The molecule has 56 heavy (non-hydrogen) atoms. The van der Waals surface area contributed by atoms with Gasteiger partial charge in [0, 0.05) is 44.0 Å². The molecule has 1 saturated heterocycles. The molecule has 0 saturated carbocycles. The fourth-order valence-electron chi connectivity index (χ4n) is 6.54. The van der Waals surface area contributed by atoms with Gasteiger partial charge in [-0.05, 0) is 61.1 Å². The molecule has 5 rings (SSSR count). The SMILES string of the molecule is Cc1nc(CN2CCN([C@H](C(=O)N[C@@H](Cc3ccccc3)[C@H](O)CN(CC(C)C)S(=O)(=O)c3ccc(O)c(NS(=O)(=O)c4cccnc4)c3)C(C)C)C2=O)cs1. The summed E-state index contributed by atoms with van der Waals surface area (Å²) >= 11 is 1.50. The van der Waals surface area contributed by atoms with E-state index in [2.05, 4.69) is 20.0 Å². The third-order valence-electron chi connectivity index (χ3n) is 9.23. The first kappa shape index (κ1) is 42.5. The first-order chi connectivity index (χ1) is 26.5. The average Bonchev–Trinajstić information content (AvgIpc) is 3.72. The summed E-state index contributed by atoms with van der Waals surface area (Å²) in [5, 5.41) is 28.2. The Hall–Kier alpha value is -4.62. The maximum atomic E-state index is 14.3. The van der Waals surface area contributed by atoms with Crippen LogP contribution in [-0.2, 0) is 37.8 Å². The Balaban J connectivity index is 1.39. The van der Waals surface area contributed by atoms with E-state index in [1.54, 1.807) is 4.90 Å². The van der Waals surface area contributed by atoms with Gasteiger partial charge in [0.05, 0.1) is 40.0 Å². The third kappa shape index (κ3) is 10.4. The topological polar surface area (TPSA) is 202 Å². The van der Waals surface area contributed by atoms with Crippen molar-refractivity contribution in [3.8, 4) is 5.75 Å². The van der Waals surface area contributed by atoms with Crippen molar-refractivity contribution in [2.24, 2.45) is 11.8 Å². The average molecular weight is 828 g/mol. The molecule has 0 aliphatic carbocycles. The van der Waals surface area contributed by atoms with Gasteiger partial charge in [-0.2, -0.15) is 4.31 Å². The quantitative estimate of drug-likeness (QED) is 0.106. The highest BCUT2D eigenvalue weighted by Crippen LogP contribution is 2.31. The van der Waals surface area contributed by atoms with Crippen molar-refractivity contribution < 1.29 is 36.6 Å². The summed E-state index contributed by atoms with van der Waals surface area (Å²) in [5.74, 6) is -1.49. The van der Waals surface area contributed by atoms with Gasteiger partial charge in [0.2, 0.25) is 15.9 Å². The summed E-state index contributed by atoms with van der Waals surface area (Å²) in [5.41, 5.74) is 1.18. The Morgan fingerprint density at radius 3 is 2.34 bits per heavy atom. The van der Waals surface area contributed by atoms with E-state index in [9.17, 15) is 36.6 Å². The molecular formula is C38H49N7O8S3. The van der Waals surface area contributed by atoms with Crippen molar-refractivity contribution in [1.29, 1.82) is 0 Å². The van der Waals surface area contributed by atoms with Crippen molar-refractivity contribution in [1.82, 2.24) is 29.4 Å². The molecule has 4 N–H and O–H groups in total. The Labute approximate surface area is 332 Å². The fraction of sp³-hybridized carbons (Fsp3) is 0.421. The molecule has 1 fully saturated rings. The molecule has 1 aliphatic heterocycles. The first-order valence-electron chi connectivity index (χ1n) is 18.2. The van der Waals surface area contributed by atoms with Gasteiger partial charge in [-0.25, -0.2) is 26.6 Å². The summed E-state index contributed by atoms with van der Waals surface area (Å²) in [6, 6.07) is 12.9. The Morgan fingerprint density at radius 2 is 1.71 bits per heavy atom. The normalized spacial score (nSPS) is 15.4. The van der Waals surface area contributed by atoms with Crippen molar-refractivity contribution in [2.75, 3.05) is 30.9 Å². The molecule has 0 spiro atoms. The third-order valence-corrected chi connectivity index (χ3v) is 13.2. The van der Waals surface area contributed by atoms with E-state index in [0.29, 0.717) is 19.6 Å². The Morgan fingerprint density at radius 1 is 0.982 bits per heavy atom. The predicted molar refractivity (Wildman–Crippen MR) is 213 cm³/mol. The summed E-state index contributed by atoms with van der Waals surface area (Å²) in [7, 11) is -8.67. The number of rotatable bonds is 18. The van der Waals surface area contributed by atoms with Crippen LogP contribution in [-0.4, -0.2) is 107 Å². The lowest BCUT2D eigenvalue weighted by molar-refractivity contribution is -0.128. The van der Waals surface area contributed by atoms with Crippen LogP contribution in [0.25, 0.3) is 0 Å². The zero-order valence-electron chi connectivity index (χ0n) is 31.9. The van der Waals surface area contributed by atoms with Crippen LogP contribution < -0.4 is 10.0 Å². The number of phenolic OH excluding ortho intramolecular Hbond substituents is 1. The van der Waals surface area contributed by atoms with Crippen LogP contribution in [0.15, 0.2) is 88.2 Å². The number of pyridine rings is 1. The van der Waals surface area contributed by atoms with Crippen molar-refractivity contribution in [3.63, 3.8) is 0 Å². The molecule has 0 bridgehead atoms. The number of urea groups is 1. The summed E-state index contributed by atoms with van der Waals surface area (Å²) in [6.07, 6.45) is 1.23. The number of aromatic nitrogens is 2. The van der Waals surface area contributed by atoms with E-state index < -0.39 is 56.4 Å². The molecular weight excluding hydrogens is 779 g/mol. The van der Waals surface area contributed by atoms with Gasteiger partial charge in [-0.15, -0.1) is 11.3 Å². The number of hydrogen-bond donors (Lipinski definition) is 4. The van der Waals surface area contributed by atoms with Crippen LogP contribution in [0.3, 0.4) is 0 Å². The number of thiazole rings is 1. The van der Waals surface area contributed by atoms with E-state index in [1.807, 2.05) is 70.3 Å². The molecule has 2 aromatic heterocycles. The van der Waals surface area contributed by atoms with E-state index in [0.717, 1.165) is 45.0 Å². The molecule has 3 amide bonds. The van der Waals surface area contributed by atoms with Crippen LogP contribution in [0.1, 0.15) is 44.0 Å². The highest BCUT2D eigenvalue weighted by atomic mass is 32.2. The van der Waals surface area contributed by atoms with Crippen molar-refractivity contribution in [2.45, 2.75) is 75.6 Å². The number of benzene rings is 2. The van der Waals surface area contributed by atoms with Gasteiger partial charge in [0.15, 0.2) is 0 Å². The monoisotopic (exact) mass is 827 g/mol. The Kier molecular flexibility index (Phi) is 13.7. The number of carbonyl (C=O) groups is 2. The second-order valence-electron chi connectivity index (χ2n) is 14.5. The number of phenols is 1. The van der Waals surface area contributed by atoms with Crippen LogP contribution in [0.5, 0.6) is 5.75 Å². The number of carbonyl (C=O) groups excluding carboxylic acids is 2. The first-order valence-corrected chi connectivity index (χ1v) is 22.0. The maximum absolute atomic E-state index is 14.3. The van der Waals surface area contributed by atoms with Crippen molar-refractivity contribution in [3.05, 3.63) is 94.7 Å². The fourth-order valence-corrected chi connectivity index (χ4v) is 9.82. The van der Waals surface area contributed by atoms with Gasteiger partial charge in [-0.1, -0.05) is 58.0 Å². The number of amides is 3. The van der Waals surface area contributed by atoms with Crippen LogP contribution in [0.2, 0.25) is 0 Å².